The van der Waals surface area contributed by atoms with Crippen LogP contribution in [0.15, 0.2) is 23.2 Å². The molecule has 26 heavy (non-hydrogen) atoms. The minimum Gasteiger partial charge on any atom is -0.493 e. The molecule has 0 bridgehead atoms. The van der Waals surface area contributed by atoms with Gasteiger partial charge in [-0.15, -0.1) is 30.4 Å². The Bertz CT molecular complexity index is 642. The minimum absolute atomic E-state index is 0. The number of ether oxygens (including phenoxy) is 2. The van der Waals surface area contributed by atoms with E-state index in [-0.39, 0.29) is 43.0 Å². The number of amides is 1. The molecule has 2 N–H and O–H groups in total. The van der Waals surface area contributed by atoms with Crippen LogP contribution < -0.4 is 20.1 Å². The zero-order chi connectivity index (χ0) is 18.7. The number of guanidine groups is 1. The highest BCUT2D eigenvalue weighted by molar-refractivity contribution is 14.0. The van der Waals surface area contributed by atoms with E-state index in [4.69, 9.17) is 15.9 Å². The summed E-state index contributed by atoms with van der Waals surface area (Å²) in [6.45, 7) is 3.42. The number of benzene rings is 1. The summed E-state index contributed by atoms with van der Waals surface area (Å²) in [6, 6.07) is 5.56. The first-order valence-electron chi connectivity index (χ1n) is 7.97. The van der Waals surface area contributed by atoms with Gasteiger partial charge in [0, 0.05) is 20.6 Å². The summed E-state index contributed by atoms with van der Waals surface area (Å²) in [7, 11) is 5.00. The Labute approximate surface area is 172 Å². The molecule has 0 radical (unpaired) electrons. The number of hydrogen-bond donors (Lipinski definition) is 2. The molecule has 0 unspecified atom stereocenters. The molecule has 8 heteroatoms. The molecular formula is C18H27IN4O3. The number of nitrogens with zero attached hydrogens (tertiary/aromatic N) is 2. The molecule has 0 aliphatic carbocycles. The summed E-state index contributed by atoms with van der Waals surface area (Å²) < 4.78 is 10.7. The van der Waals surface area contributed by atoms with Crippen LogP contribution in [0.4, 0.5) is 0 Å². The molecule has 1 amide bonds. The molecule has 0 heterocycles. The van der Waals surface area contributed by atoms with Gasteiger partial charge in [-0.2, -0.15) is 0 Å². The summed E-state index contributed by atoms with van der Waals surface area (Å²) in [5, 5.41) is 6.11. The number of carbonyl (C=O) groups excluding carboxylic acids is 1. The lowest BCUT2D eigenvalue weighted by molar-refractivity contribution is -0.127. The molecule has 0 atom stereocenters. The number of hydrogen-bond acceptors (Lipinski definition) is 4. The lowest BCUT2D eigenvalue weighted by Crippen LogP contribution is -2.42. The second-order valence-corrected chi connectivity index (χ2v) is 5.31. The van der Waals surface area contributed by atoms with Crippen LogP contribution >= 0.6 is 24.0 Å². The number of likely N-dealkylation sites (N-methyl/N-ethyl adjacent to an activating group) is 1. The maximum Gasteiger partial charge on any atom is 0.241 e. The maximum atomic E-state index is 11.7. The molecule has 0 saturated heterocycles. The van der Waals surface area contributed by atoms with Gasteiger partial charge in [0.05, 0.1) is 20.2 Å². The average molecular weight is 474 g/mol. The number of terminal acetylenes is 1. The quantitative estimate of drug-likeness (QED) is 0.259. The van der Waals surface area contributed by atoms with Crippen molar-refractivity contribution < 1.29 is 14.3 Å². The Balaban J connectivity index is 0.00000625. The van der Waals surface area contributed by atoms with Crippen molar-refractivity contribution in [1.82, 2.24) is 15.5 Å². The minimum atomic E-state index is -0.0278. The Morgan fingerprint density at radius 2 is 2.04 bits per heavy atom. The summed E-state index contributed by atoms with van der Waals surface area (Å²) in [5.41, 5.74) is 0.934. The highest BCUT2D eigenvalue weighted by Crippen LogP contribution is 2.28. The Morgan fingerprint density at radius 1 is 1.31 bits per heavy atom. The van der Waals surface area contributed by atoms with Crippen molar-refractivity contribution in [1.29, 1.82) is 0 Å². The van der Waals surface area contributed by atoms with Crippen molar-refractivity contribution in [3.63, 3.8) is 0 Å². The maximum absolute atomic E-state index is 11.7. The van der Waals surface area contributed by atoms with Crippen LogP contribution in [0.2, 0.25) is 0 Å². The molecular weight excluding hydrogens is 447 g/mol. The fourth-order valence-electron chi connectivity index (χ4n) is 1.88. The molecule has 0 aliphatic rings. The van der Waals surface area contributed by atoms with Gasteiger partial charge < -0.3 is 25.0 Å². The van der Waals surface area contributed by atoms with Crippen LogP contribution in [0.1, 0.15) is 12.5 Å². The number of carbonyl (C=O) groups is 1. The van der Waals surface area contributed by atoms with Gasteiger partial charge in [-0.3, -0.25) is 4.79 Å². The highest BCUT2D eigenvalue weighted by Gasteiger charge is 2.07. The van der Waals surface area contributed by atoms with Gasteiger partial charge in [0.2, 0.25) is 5.91 Å². The van der Waals surface area contributed by atoms with Crippen LogP contribution in [-0.2, 0) is 11.3 Å². The number of aliphatic imine (C=N–C) groups is 1. The average Bonchev–Trinajstić information content (AvgIpc) is 2.61. The summed E-state index contributed by atoms with van der Waals surface area (Å²) >= 11 is 0. The van der Waals surface area contributed by atoms with E-state index in [1.54, 1.807) is 21.2 Å². The van der Waals surface area contributed by atoms with Gasteiger partial charge in [-0.1, -0.05) is 12.0 Å². The van der Waals surface area contributed by atoms with Gasteiger partial charge in [-0.25, -0.2) is 4.99 Å². The Morgan fingerprint density at radius 3 is 2.62 bits per heavy atom. The first-order valence-corrected chi connectivity index (χ1v) is 7.97. The third-order valence-corrected chi connectivity index (χ3v) is 3.21. The second-order valence-electron chi connectivity index (χ2n) is 5.31. The summed E-state index contributed by atoms with van der Waals surface area (Å²) in [6.07, 6.45) is 5.23. The normalized spacial score (nSPS) is 10.2. The van der Waals surface area contributed by atoms with E-state index >= 15 is 0 Å². The molecule has 0 spiro atoms. The Kier molecular flexibility index (Phi) is 12.0. The van der Waals surface area contributed by atoms with E-state index in [0.29, 0.717) is 30.5 Å². The predicted molar refractivity (Wildman–Crippen MR) is 114 cm³/mol. The predicted octanol–water partition coefficient (Wildman–Crippen LogP) is 1.47. The van der Waals surface area contributed by atoms with Crippen LogP contribution in [0, 0.1) is 12.3 Å². The molecule has 7 nitrogen and oxygen atoms in total. The van der Waals surface area contributed by atoms with Crippen molar-refractivity contribution in [2.75, 3.05) is 40.9 Å². The fourth-order valence-corrected chi connectivity index (χ4v) is 1.88. The van der Waals surface area contributed by atoms with E-state index in [0.717, 1.165) is 5.56 Å². The van der Waals surface area contributed by atoms with Crippen molar-refractivity contribution in [2.45, 2.75) is 13.5 Å². The van der Waals surface area contributed by atoms with Crippen LogP contribution in [0.3, 0.4) is 0 Å². The van der Waals surface area contributed by atoms with Gasteiger partial charge in [-0.05, 0) is 24.6 Å². The standard InChI is InChI=1S/C18H26N4O3.HI/c1-6-10-25-16-11-14(8-9-15(16)24-5)12-20-18(19-7-2)21-13-17(23)22(3)4;/h1,8-9,11H,7,10,12-13H2,2-5H3,(H2,19,20,21);1H. The summed E-state index contributed by atoms with van der Waals surface area (Å²) in [4.78, 5) is 17.7. The van der Waals surface area contributed by atoms with Crippen molar-refractivity contribution >= 4 is 35.8 Å². The van der Waals surface area contributed by atoms with Crippen molar-refractivity contribution in [3.05, 3.63) is 23.8 Å². The number of halogens is 1. The third-order valence-electron chi connectivity index (χ3n) is 3.21. The van der Waals surface area contributed by atoms with Gasteiger partial charge in [0.25, 0.3) is 0 Å². The molecule has 1 rings (SSSR count). The monoisotopic (exact) mass is 474 g/mol. The van der Waals surface area contributed by atoms with Gasteiger partial charge >= 0.3 is 0 Å². The molecule has 0 fully saturated rings. The number of rotatable bonds is 8. The first kappa shape index (κ1) is 23.9. The third kappa shape index (κ3) is 8.29. The molecule has 144 valence electrons. The fraction of sp³-hybridized carbons (Fsp3) is 0.444. The van der Waals surface area contributed by atoms with Crippen LogP contribution in [-0.4, -0.2) is 57.7 Å². The lowest BCUT2D eigenvalue weighted by atomic mass is 10.2. The van der Waals surface area contributed by atoms with Crippen molar-refractivity contribution in [3.8, 4) is 23.8 Å². The van der Waals surface area contributed by atoms with Crippen LogP contribution in [0.5, 0.6) is 11.5 Å². The van der Waals surface area contributed by atoms with Gasteiger partial charge in [0.15, 0.2) is 17.5 Å². The zero-order valence-corrected chi connectivity index (χ0v) is 18.0. The molecule has 1 aromatic rings. The zero-order valence-electron chi connectivity index (χ0n) is 15.7. The van der Waals surface area contributed by atoms with Gasteiger partial charge in [0.1, 0.15) is 6.61 Å². The highest BCUT2D eigenvalue weighted by atomic mass is 127. The van der Waals surface area contributed by atoms with Crippen LogP contribution in [0.25, 0.3) is 0 Å². The number of nitrogens with one attached hydrogen (secondary N) is 2. The number of methoxy groups -OCH3 is 1. The largest absolute Gasteiger partial charge is 0.493 e. The first-order chi connectivity index (χ1) is 12.0. The topological polar surface area (TPSA) is 75.2 Å². The second kappa shape index (κ2) is 13.1. The van der Waals surface area contributed by atoms with E-state index in [2.05, 4.69) is 21.5 Å². The van der Waals surface area contributed by atoms with E-state index in [1.807, 2.05) is 25.1 Å². The smallest absolute Gasteiger partial charge is 0.241 e. The van der Waals surface area contributed by atoms with Crippen molar-refractivity contribution in [2.24, 2.45) is 4.99 Å². The van der Waals surface area contributed by atoms with E-state index in [9.17, 15) is 4.79 Å². The molecule has 0 aromatic heterocycles. The van der Waals surface area contributed by atoms with E-state index in [1.165, 1.54) is 4.90 Å². The molecule has 1 aromatic carbocycles. The SMILES string of the molecule is C#CCOc1cc(CN=C(NCC)NCC(=O)N(C)C)ccc1OC.I. The lowest BCUT2D eigenvalue weighted by Gasteiger charge is -2.14. The molecule has 0 aliphatic heterocycles. The van der Waals surface area contributed by atoms with E-state index < -0.39 is 0 Å². The Hall–Kier alpha value is -2.15. The molecule has 0 saturated carbocycles. The summed E-state index contributed by atoms with van der Waals surface area (Å²) in [5.74, 6) is 4.16.